The SMILES string of the molecule is COc1ccc(C[C@H]2[C@H](C(=O)c3ccc(OC)cc3OC)[C@@H](c3ccc(OC)cc3)O[C@H]2c2cc([C@@H](c3ccc(OC)cc3OC)[C@@H]3c4cc(C=CC(=O)c5ccc(OC)cc5OC)ccc4O[C@H]3c3ccc(OC)cc3)c(OC)cc2OC)cc1. The quantitative estimate of drug-likeness (QED) is 0.0416. The molecule has 0 aliphatic carbocycles. The zero-order chi connectivity index (χ0) is 60.6. The molecule has 444 valence electrons. The van der Waals surface area contributed by atoms with E-state index in [1.165, 1.54) is 13.2 Å². The van der Waals surface area contributed by atoms with Gasteiger partial charge in [-0.2, -0.15) is 0 Å². The van der Waals surface area contributed by atoms with E-state index in [1.54, 1.807) is 114 Å². The first-order chi connectivity index (χ1) is 41.9. The van der Waals surface area contributed by atoms with Gasteiger partial charge < -0.3 is 61.6 Å². The largest absolute Gasteiger partial charge is 0.497 e. The van der Waals surface area contributed by atoms with Gasteiger partial charge in [0.15, 0.2) is 11.6 Å². The van der Waals surface area contributed by atoms with Gasteiger partial charge in [-0.15, -0.1) is 0 Å². The molecule has 2 aliphatic rings. The number of ketones is 2. The lowest BCUT2D eigenvalue weighted by Crippen LogP contribution is -2.28. The predicted octanol–water partition coefficient (Wildman–Crippen LogP) is 13.9. The first-order valence-electron chi connectivity index (χ1n) is 28.0. The molecule has 1 fully saturated rings. The molecule has 0 spiro atoms. The molecule has 10 rings (SSSR count). The third-order valence-electron chi connectivity index (χ3n) is 16.4. The first kappa shape index (κ1) is 59.6. The second-order valence-corrected chi connectivity index (χ2v) is 20.7. The van der Waals surface area contributed by atoms with Crippen LogP contribution in [0.1, 0.15) is 95.4 Å². The number of methoxy groups -OCH3 is 11. The van der Waals surface area contributed by atoms with E-state index in [2.05, 4.69) is 12.1 Å². The highest BCUT2D eigenvalue weighted by molar-refractivity contribution is 6.08. The van der Waals surface area contributed by atoms with Gasteiger partial charge in [0.1, 0.15) is 75.1 Å². The average molecular weight is 1160 g/mol. The van der Waals surface area contributed by atoms with Crippen molar-refractivity contribution >= 4 is 17.6 Å². The summed E-state index contributed by atoms with van der Waals surface area (Å²) in [5.41, 5.74) is 7.10. The smallest absolute Gasteiger partial charge is 0.189 e. The van der Waals surface area contributed by atoms with Crippen molar-refractivity contribution in [2.45, 2.75) is 36.6 Å². The zero-order valence-electron chi connectivity index (χ0n) is 50.0. The summed E-state index contributed by atoms with van der Waals surface area (Å²) in [5.74, 6) is 3.63. The number of ether oxygens (including phenoxy) is 13. The lowest BCUT2D eigenvalue weighted by atomic mass is 9.71. The number of hydrogen-bond acceptors (Lipinski definition) is 15. The number of hydrogen-bond donors (Lipinski definition) is 0. The molecule has 0 saturated carbocycles. The van der Waals surface area contributed by atoms with Crippen LogP contribution in [-0.4, -0.2) is 89.8 Å². The third-order valence-corrected chi connectivity index (χ3v) is 16.4. The Morgan fingerprint density at radius 2 is 0.919 bits per heavy atom. The van der Waals surface area contributed by atoms with Crippen molar-refractivity contribution < 1.29 is 71.2 Å². The van der Waals surface area contributed by atoms with Crippen molar-refractivity contribution in [3.05, 3.63) is 219 Å². The Balaban J connectivity index is 1.21. The van der Waals surface area contributed by atoms with Crippen LogP contribution in [0.25, 0.3) is 6.08 Å². The molecule has 1 saturated heterocycles. The summed E-state index contributed by atoms with van der Waals surface area (Å²) in [7, 11) is 17.6. The minimum absolute atomic E-state index is 0.184. The van der Waals surface area contributed by atoms with Crippen molar-refractivity contribution in [1.29, 1.82) is 0 Å². The normalized spacial score (nSPS) is 18.0. The molecule has 0 N–H and O–H groups in total. The molecule has 15 nitrogen and oxygen atoms in total. The first-order valence-corrected chi connectivity index (χ1v) is 28.0. The highest BCUT2D eigenvalue weighted by Gasteiger charge is 2.52. The molecular formula is C71H70O15. The van der Waals surface area contributed by atoms with Crippen molar-refractivity contribution in [3.63, 3.8) is 0 Å². The summed E-state index contributed by atoms with van der Waals surface area (Å²) < 4.78 is 79.3. The second kappa shape index (κ2) is 26.5. The molecule has 2 heterocycles. The van der Waals surface area contributed by atoms with E-state index < -0.39 is 42.0 Å². The van der Waals surface area contributed by atoms with E-state index in [0.717, 1.165) is 38.9 Å². The van der Waals surface area contributed by atoms with E-state index in [9.17, 15) is 4.79 Å². The van der Waals surface area contributed by atoms with Gasteiger partial charge in [-0.3, -0.25) is 9.59 Å². The fourth-order valence-electron chi connectivity index (χ4n) is 12.1. The zero-order valence-corrected chi connectivity index (χ0v) is 50.0. The summed E-state index contributed by atoms with van der Waals surface area (Å²) in [6.45, 7) is 0. The van der Waals surface area contributed by atoms with Crippen LogP contribution in [-0.2, 0) is 11.2 Å². The maximum Gasteiger partial charge on any atom is 0.189 e. The Morgan fingerprint density at radius 3 is 1.48 bits per heavy atom. The van der Waals surface area contributed by atoms with Gasteiger partial charge in [-0.05, 0) is 120 Å². The molecule has 2 aliphatic heterocycles. The van der Waals surface area contributed by atoms with Gasteiger partial charge in [0, 0.05) is 64.3 Å². The van der Waals surface area contributed by atoms with Crippen LogP contribution in [0.15, 0.2) is 164 Å². The Bertz CT molecular complexity index is 3720. The Morgan fingerprint density at radius 1 is 0.430 bits per heavy atom. The molecule has 7 atom stereocenters. The van der Waals surface area contributed by atoms with E-state index in [0.29, 0.717) is 92.1 Å². The van der Waals surface area contributed by atoms with Crippen LogP contribution >= 0.6 is 0 Å². The van der Waals surface area contributed by atoms with Crippen molar-refractivity contribution in [3.8, 4) is 69.0 Å². The number of allylic oxidation sites excluding steroid dienone is 1. The summed E-state index contributed by atoms with van der Waals surface area (Å²) in [5, 5.41) is 0. The minimum atomic E-state index is -0.802. The molecule has 0 amide bonds. The highest BCUT2D eigenvalue weighted by atomic mass is 16.5. The van der Waals surface area contributed by atoms with Crippen molar-refractivity contribution in [1.82, 2.24) is 0 Å². The van der Waals surface area contributed by atoms with Crippen LogP contribution in [0.5, 0.6) is 69.0 Å². The van der Waals surface area contributed by atoms with E-state index >= 15 is 4.79 Å². The lowest BCUT2D eigenvalue weighted by Gasteiger charge is -2.33. The Hall–Kier alpha value is -9.60. The molecular weight excluding hydrogens is 1090 g/mol. The number of carbonyl (C=O) groups is 2. The monoisotopic (exact) mass is 1160 g/mol. The van der Waals surface area contributed by atoms with Gasteiger partial charge >= 0.3 is 0 Å². The molecule has 0 unspecified atom stereocenters. The molecule has 0 aromatic heterocycles. The summed E-state index contributed by atoms with van der Waals surface area (Å²) in [6, 6.07) is 49.4. The topological polar surface area (TPSA) is 154 Å². The number of benzene rings is 8. The van der Waals surface area contributed by atoms with Crippen LogP contribution in [0.2, 0.25) is 0 Å². The molecule has 15 heteroatoms. The van der Waals surface area contributed by atoms with Gasteiger partial charge in [0.25, 0.3) is 0 Å². The summed E-state index contributed by atoms with van der Waals surface area (Å²) in [6.07, 6.45) is 1.50. The minimum Gasteiger partial charge on any atom is -0.497 e. The fraction of sp³-hybridized carbons (Fsp3) is 0.268. The molecule has 0 bridgehead atoms. The van der Waals surface area contributed by atoms with Crippen LogP contribution in [0.4, 0.5) is 0 Å². The predicted molar refractivity (Wildman–Crippen MR) is 327 cm³/mol. The van der Waals surface area contributed by atoms with E-state index in [1.807, 2.05) is 109 Å². The maximum absolute atomic E-state index is 15.9. The molecule has 8 aromatic carbocycles. The number of Topliss-reactive ketones (excluding diaryl/α,β-unsaturated/α-hetero) is 1. The molecule has 86 heavy (non-hydrogen) atoms. The van der Waals surface area contributed by atoms with Crippen LogP contribution in [0, 0.1) is 11.8 Å². The van der Waals surface area contributed by atoms with Gasteiger partial charge in [-0.1, -0.05) is 54.6 Å². The number of fused-ring (bicyclic) bond motifs is 1. The highest BCUT2D eigenvalue weighted by Crippen LogP contribution is 2.60. The van der Waals surface area contributed by atoms with Crippen molar-refractivity contribution in [2.75, 3.05) is 78.2 Å². The Labute approximate surface area is 501 Å². The second-order valence-electron chi connectivity index (χ2n) is 20.7. The number of rotatable bonds is 24. The maximum atomic E-state index is 15.9. The summed E-state index contributed by atoms with van der Waals surface area (Å²) >= 11 is 0. The Kier molecular flexibility index (Phi) is 18.4. The fourth-order valence-corrected chi connectivity index (χ4v) is 12.1. The van der Waals surface area contributed by atoms with Crippen LogP contribution in [0.3, 0.4) is 0 Å². The average Bonchev–Trinajstić information content (AvgIpc) is 1.60. The van der Waals surface area contributed by atoms with Crippen LogP contribution < -0.4 is 56.8 Å². The standard InChI is InChI=1S/C71H70O15/c1-74-45-20-12-41(13-21-45)35-57-67(68(73)53-31-28-50(79-6)38-62(53)82-9)70(44-18-24-47(76-3)25-19-44)86-71(57)56-39-55(63(83-10)40-64(56)84-11)65(52-30-27-49(78-5)37-61(52)81-8)66-54-34-42(14-32-58(72)51-29-26-48(77-4)36-60(51)80-7)15-33-59(54)85-69(66)43-16-22-46(75-2)23-17-43/h12-34,36-40,57,65-67,69-71H,35H2,1-11H3/t57-,65+,66-,67+,69-,70+,71-/m0/s1. The van der Waals surface area contributed by atoms with Crippen molar-refractivity contribution in [2.24, 2.45) is 11.8 Å². The molecule has 0 radical (unpaired) electrons. The van der Waals surface area contributed by atoms with E-state index in [-0.39, 0.29) is 11.6 Å². The van der Waals surface area contributed by atoms with E-state index in [4.69, 9.17) is 61.6 Å². The van der Waals surface area contributed by atoms with Gasteiger partial charge in [-0.25, -0.2) is 0 Å². The van der Waals surface area contributed by atoms with Gasteiger partial charge in [0.2, 0.25) is 0 Å². The lowest BCUT2D eigenvalue weighted by molar-refractivity contribution is 0.0253. The number of carbonyl (C=O) groups excluding carboxylic acids is 2. The summed E-state index contributed by atoms with van der Waals surface area (Å²) in [4.78, 5) is 29.9. The van der Waals surface area contributed by atoms with Gasteiger partial charge in [0.05, 0.1) is 107 Å². The third kappa shape index (κ3) is 11.9. The molecule has 8 aromatic rings.